The molecule has 0 amide bonds. The summed E-state index contributed by atoms with van der Waals surface area (Å²) in [6.07, 6.45) is 7.07. The first-order valence-electron chi connectivity index (χ1n) is 5.88. The summed E-state index contributed by atoms with van der Waals surface area (Å²) < 4.78 is 5.91. The van der Waals surface area contributed by atoms with Crippen molar-refractivity contribution in [2.24, 2.45) is 10.9 Å². The van der Waals surface area contributed by atoms with Crippen molar-refractivity contribution in [1.82, 2.24) is 5.32 Å². The molecule has 2 aliphatic heterocycles. The average molecular weight is 194 g/mol. The van der Waals surface area contributed by atoms with Crippen LogP contribution in [0.3, 0.4) is 0 Å². The second-order valence-corrected chi connectivity index (χ2v) is 4.68. The van der Waals surface area contributed by atoms with Crippen LogP contribution < -0.4 is 5.32 Å². The van der Waals surface area contributed by atoms with Gasteiger partial charge in [-0.05, 0) is 12.8 Å². The van der Waals surface area contributed by atoms with Gasteiger partial charge < -0.3 is 10.1 Å². The lowest BCUT2D eigenvalue weighted by molar-refractivity contribution is 0.204. The standard InChI is InChI=1S/C11H18N2O/c1-2-4-8(5-3-1)11-13-9-6-12-7-10(9)14-11/h8-10,12H,1-7H2. The van der Waals surface area contributed by atoms with Crippen molar-refractivity contribution >= 4 is 5.90 Å². The molecule has 78 valence electrons. The van der Waals surface area contributed by atoms with E-state index in [1.165, 1.54) is 32.1 Å². The fraction of sp³-hybridized carbons (Fsp3) is 0.909. The van der Waals surface area contributed by atoms with E-state index in [0.29, 0.717) is 18.1 Å². The van der Waals surface area contributed by atoms with Gasteiger partial charge in [-0.25, -0.2) is 4.99 Å². The molecule has 3 rings (SSSR count). The molecule has 14 heavy (non-hydrogen) atoms. The summed E-state index contributed by atoms with van der Waals surface area (Å²) in [6, 6.07) is 0.423. The predicted octanol–water partition coefficient (Wildman–Crippen LogP) is 1.34. The number of aliphatic imine (C=N–C) groups is 1. The molecule has 2 unspecified atom stereocenters. The van der Waals surface area contributed by atoms with E-state index in [2.05, 4.69) is 5.32 Å². The number of fused-ring (bicyclic) bond motifs is 1. The average Bonchev–Trinajstić information content (AvgIpc) is 2.78. The smallest absolute Gasteiger partial charge is 0.187 e. The van der Waals surface area contributed by atoms with Crippen molar-refractivity contribution < 1.29 is 4.74 Å². The van der Waals surface area contributed by atoms with Gasteiger partial charge in [-0.1, -0.05) is 19.3 Å². The number of rotatable bonds is 1. The maximum absolute atomic E-state index is 5.91. The van der Waals surface area contributed by atoms with E-state index < -0.39 is 0 Å². The molecule has 3 heteroatoms. The van der Waals surface area contributed by atoms with Crippen LogP contribution in [0.1, 0.15) is 32.1 Å². The highest BCUT2D eigenvalue weighted by molar-refractivity contribution is 5.80. The Morgan fingerprint density at radius 2 is 2.00 bits per heavy atom. The molecule has 1 N–H and O–H groups in total. The van der Waals surface area contributed by atoms with E-state index in [-0.39, 0.29) is 0 Å². The molecule has 0 aromatic carbocycles. The largest absolute Gasteiger partial charge is 0.474 e. The third kappa shape index (κ3) is 1.44. The first kappa shape index (κ1) is 8.72. The summed E-state index contributed by atoms with van der Waals surface area (Å²) in [7, 11) is 0. The lowest BCUT2D eigenvalue weighted by Crippen LogP contribution is -2.24. The summed E-state index contributed by atoms with van der Waals surface area (Å²) in [4.78, 5) is 4.71. The molecule has 0 aromatic heterocycles. The lowest BCUT2D eigenvalue weighted by atomic mass is 9.89. The summed E-state index contributed by atoms with van der Waals surface area (Å²) in [5.74, 6) is 1.73. The van der Waals surface area contributed by atoms with Crippen molar-refractivity contribution in [3.05, 3.63) is 0 Å². The summed E-state index contributed by atoms with van der Waals surface area (Å²) in [5.41, 5.74) is 0. The maximum atomic E-state index is 5.91. The highest BCUT2D eigenvalue weighted by Crippen LogP contribution is 2.29. The third-order valence-electron chi connectivity index (χ3n) is 3.65. The summed E-state index contributed by atoms with van der Waals surface area (Å²) in [6.45, 7) is 2.01. The van der Waals surface area contributed by atoms with E-state index in [4.69, 9.17) is 9.73 Å². The van der Waals surface area contributed by atoms with Gasteiger partial charge in [-0.15, -0.1) is 0 Å². The van der Waals surface area contributed by atoms with E-state index in [1.54, 1.807) is 0 Å². The highest BCUT2D eigenvalue weighted by atomic mass is 16.5. The Kier molecular flexibility index (Phi) is 2.20. The zero-order valence-electron chi connectivity index (χ0n) is 8.54. The molecule has 3 aliphatic rings. The first-order valence-corrected chi connectivity index (χ1v) is 5.88. The Balaban J connectivity index is 1.67. The lowest BCUT2D eigenvalue weighted by Gasteiger charge is -2.21. The van der Waals surface area contributed by atoms with Gasteiger partial charge in [0.15, 0.2) is 5.90 Å². The molecule has 3 nitrogen and oxygen atoms in total. The van der Waals surface area contributed by atoms with Crippen molar-refractivity contribution in [2.75, 3.05) is 13.1 Å². The second-order valence-electron chi connectivity index (χ2n) is 4.68. The Labute approximate surface area is 84.9 Å². The van der Waals surface area contributed by atoms with E-state index >= 15 is 0 Å². The number of nitrogens with one attached hydrogen (secondary N) is 1. The minimum Gasteiger partial charge on any atom is -0.474 e. The molecule has 2 fully saturated rings. The Morgan fingerprint density at radius 1 is 1.14 bits per heavy atom. The Morgan fingerprint density at radius 3 is 2.79 bits per heavy atom. The van der Waals surface area contributed by atoms with Gasteiger partial charge in [0.05, 0.1) is 0 Å². The molecule has 2 heterocycles. The molecule has 2 atom stereocenters. The molecule has 0 bridgehead atoms. The van der Waals surface area contributed by atoms with Crippen LogP contribution in [0.25, 0.3) is 0 Å². The minimum absolute atomic E-state index is 0.354. The Bertz CT molecular complexity index is 246. The molecule has 1 saturated carbocycles. The van der Waals surface area contributed by atoms with Gasteiger partial charge >= 0.3 is 0 Å². The number of ether oxygens (including phenoxy) is 1. The highest BCUT2D eigenvalue weighted by Gasteiger charge is 2.37. The van der Waals surface area contributed by atoms with Crippen LogP contribution in [0.5, 0.6) is 0 Å². The zero-order valence-corrected chi connectivity index (χ0v) is 8.54. The van der Waals surface area contributed by atoms with Crippen molar-refractivity contribution in [1.29, 1.82) is 0 Å². The monoisotopic (exact) mass is 194 g/mol. The van der Waals surface area contributed by atoms with Gasteiger partial charge in [0.2, 0.25) is 0 Å². The van der Waals surface area contributed by atoms with Crippen LogP contribution in [-0.4, -0.2) is 31.1 Å². The van der Waals surface area contributed by atoms with Crippen LogP contribution in [0.4, 0.5) is 0 Å². The molecule has 0 aromatic rings. The minimum atomic E-state index is 0.354. The van der Waals surface area contributed by atoms with Gasteiger partial charge in [-0.2, -0.15) is 0 Å². The normalized spacial score (nSPS) is 37.9. The summed E-state index contributed by atoms with van der Waals surface area (Å²) >= 11 is 0. The SMILES string of the molecule is C1CCC(C2=NC3CNCC3O2)CC1. The number of nitrogens with zero attached hydrogens (tertiary/aromatic N) is 1. The predicted molar refractivity (Wildman–Crippen MR) is 55.5 cm³/mol. The van der Waals surface area contributed by atoms with Crippen LogP contribution in [-0.2, 0) is 4.74 Å². The summed E-state index contributed by atoms with van der Waals surface area (Å²) in [5, 5.41) is 3.32. The van der Waals surface area contributed by atoms with Gasteiger partial charge in [0, 0.05) is 19.0 Å². The quantitative estimate of drug-likeness (QED) is 0.683. The maximum Gasteiger partial charge on any atom is 0.187 e. The van der Waals surface area contributed by atoms with Crippen LogP contribution >= 0.6 is 0 Å². The van der Waals surface area contributed by atoms with Crippen molar-refractivity contribution in [2.45, 2.75) is 44.2 Å². The van der Waals surface area contributed by atoms with Crippen molar-refractivity contribution in [3.63, 3.8) is 0 Å². The van der Waals surface area contributed by atoms with Gasteiger partial charge in [0.1, 0.15) is 12.1 Å². The van der Waals surface area contributed by atoms with Crippen LogP contribution in [0.15, 0.2) is 4.99 Å². The van der Waals surface area contributed by atoms with E-state index in [0.717, 1.165) is 19.0 Å². The fourth-order valence-electron chi connectivity index (χ4n) is 2.79. The fourth-order valence-corrected chi connectivity index (χ4v) is 2.79. The molecule has 1 saturated heterocycles. The second kappa shape index (κ2) is 3.54. The molecule has 0 radical (unpaired) electrons. The molecule has 0 spiro atoms. The van der Waals surface area contributed by atoms with Crippen LogP contribution in [0.2, 0.25) is 0 Å². The zero-order chi connectivity index (χ0) is 9.38. The Hall–Kier alpha value is -0.570. The van der Waals surface area contributed by atoms with E-state index in [1.807, 2.05) is 0 Å². The number of hydrogen-bond donors (Lipinski definition) is 1. The van der Waals surface area contributed by atoms with Gasteiger partial charge in [-0.3, -0.25) is 0 Å². The van der Waals surface area contributed by atoms with Crippen LogP contribution in [0, 0.1) is 5.92 Å². The number of hydrogen-bond acceptors (Lipinski definition) is 3. The third-order valence-corrected chi connectivity index (χ3v) is 3.65. The molecular formula is C11H18N2O. The van der Waals surface area contributed by atoms with Crippen molar-refractivity contribution in [3.8, 4) is 0 Å². The topological polar surface area (TPSA) is 33.6 Å². The van der Waals surface area contributed by atoms with E-state index in [9.17, 15) is 0 Å². The molecular weight excluding hydrogens is 176 g/mol. The molecule has 1 aliphatic carbocycles. The van der Waals surface area contributed by atoms with Gasteiger partial charge in [0.25, 0.3) is 0 Å². The first-order chi connectivity index (χ1) is 6.93.